The maximum absolute atomic E-state index is 12.0. The van der Waals surface area contributed by atoms with Gasteiger partial charge < -0.3 is 5.32 Å². The van der Waals surface area contributed by atoms with Crippen molar-refractivity contribution >= 4 is 43.2 Å². The molecule has 8 heteroatoms. The minimum atomic E-state index is -3.68. The van der Waals surface area contributed by atoms with E-state index in [4.69, 9.17) is 5.14 Å². The van der Waals surface area contributed by atoms with E-state index in [1.165, 1.54) is 6.07 Å². The molecule has 0 unspecified atom stereocenters. The smallest absolute Gasteiger partial charge is 0.252 e. The predicted molar refractivity (Wildman–Crippen MR) is 81.0 cm³/mol. The quantitative estimate of drug-likeness (QED) is 0.858. The summed E-state index contributed by atoms with van der Waals surface area (Å²) >= 11 is 4.34. The van der Waals surface area contributed by atoms with Gasteiger partial charge in [-0.2, -0.15) is 0 Å². The Morgan fingerprint density at radius 2 is 1.95 bits per heavy atom. The Morgan fingerprint density at radius 3 is 2.55 bits per heavy atom. The molecule has 0 saturated heterocycles. The van der Waals surface area contributed by atoms with Gasteiger partial charge in [0, 0.05) is 9.35 Å². The molecule has 0 fully saturated rings. The van der Waals surface area contributed by atoms with E-state index in [0.717, 1.165) is 16.2 Å². The van der Waals surface area contributed by atoms with Crippen molar-refractivity contribution in [2.45, 2.75) is 10.8 Å². The summed E-state index contributed by atoms with van der Waals surface area (Å²) in [6.07, 6.45) is 0. The number of carbonyl (C=O) groups is 1. The summed E-state index contributed by atoms with van der Waals surface area (Å²) in [5.41, 5.74) is 0.524. The van der Waals surface area contributed by atoms with Gasteiger partial charge in [0.1, 0.15) is 4.21 Å². The Labute approximate surface area is 129 Å². The largest absolute Gasteiger partial charge is 0.347 e. The van der Waals surface area contributed by atoms with Crippen LogP contribution in [0.25, 0.3) is 0 Å². The molecule has 0 saturated carbocycles. The minimum Gasteiger partial charge on any atom is -0.347 e. The third-order valence-electron chi connectivity index (χ3n) is 2.46. The van der Waals surface area contributed by atoms with Gasteiger partial charge in [0.05, 0.1) is 12.1 Å². The van der Waals surface area contributed by atoms with Crippen LogP contribution in [0.2, 0.25) is 0 Å². The molecule has 0 atom stereocenters. The molecule has 2 aromatic rings. The van der Waals surface area contributed by atoms with E-state index in [1.807, 2.05) is 6.07 Å². The van der Waals surface area contributed by atoms with E-state index in [1.54, 1.807) is 24.3 Å². The highest BCUT2D eigenvalue weighted by Gasteiger charge is 2.13. The topological polar surface area (TPSA) is 89.3 Å². The number of thiophene rings is 1. The zero-order valence-corrected chi connectivity index (χ0v) is 13.4. The molecule has 0 spiro atoms. The zero-order chi connectivity index (χ0) is 14.8. The van der Waals surface area contributed by atoms with Crippen LogP contribution in [-0.2, 0) is 16.6 Å². The van der Waals surface area contributed by atoms with Crippen LogP contribution in [0.15, 0.2) is 45.1 Å². The van der Waals surface area contributed by atoms with Gasteiger partial charge in [-0.1, -0.05) is 12.1 Å². The third-order valence-corrected chi connectivity index (χ3v) is 5.67. The second-order valence-electron chi connectivity index (χ2n) is 3.93. The van der Waals surface area contributed by atoms with Gasteiger partial charge >= 0.3 is 0 Å². The maximum Gasteiger partial charge on any atom is 0.252 e. The standard InChI is InChI=1S/C12H11BrN2O3S2/c13-10-4-2-1-3-9(10)12(16)15-7-8-5-6-11(19-8)20(14,17)18/h1-6H,7H2,(H,15,16)(H2,14,17,18). The number of amides is 1. The molecular weight excluding hydrogens is 364 g/mol. The van der Waals surface area contributed by atoms with Gasteiger partial charge in [0.2, 0.25) is 10.0 Å². The van der Waals surface area contributed by atoms with Crippen LogP contribution in [0.3, 0.4) is 0 Å². The van der Waals surface area contributed by atoms with Crippen LogP contribution in [-0.4, -0.2) is 14.3 Å². The lowest BCUT2D eigenvalue weighted by molar-refractivity contribution is 0.0950. The van der Waals surface area contributed by atoms with E-state index < -0.39 is 10.0 Å². The number of rotatable bonds is 4. The van der Waals surface area contributed by atoms with E-state index in [2.05, 4.69) is 21.2 Å². The molecule has 20 heavy (non-hydrogen) atoms. The molecule has 0 radical (unpaired) electrons. The number of benzene rings is 1. The average Bonchev–Trinajstić information content (AvgIpc) is 2.85. The molecule has 0 aliphatic heterocycles. The number of hydrogen-bond acceptors (Lipinski definition) is 4. The predicted octanol–water partition coefficient (Wildman–Crippen LogP) is 2.09. The molecule has 106 valence electrons. The second-order valence-corrected chi connectivity index (χ2v) is 7.74. The third kappa shape index (κ3) is 3.66. The Hall–Kier alpha value is -1.22. The second kappa shape index (κ2) is 6.04. The number of nitrogens with one attached hydrogen (secondary N) is 1. The van der Waals surface area contributed by atoms with Gasteiger partial charge in [0.25, 0.3) is 5.91 Å². The van der Waals surface area contributed by atoms with Crippen molar-refractivity contribution in [3.05, 3.63) is 51.3 Å². The van der Waals surface area contributed by atoms with E-state index in [-0.39, 0.29) is 16.7 Å². The lowest BCUT2D eigenvalue weighted by Gasteiger charge is -2.05. The molecule has 3 N–H and O–H groups in total. The Bertz CT molecular complexity index is 741. The molecule has 0 aliphatic rings. The molecule has 1 amide bonds. The molecule has 0 aliphatic carbocycles. The van der Waals surface area contributed by atoms with Crippen LogP contribution in [0.1, 0.15) is 15.2 Å². The monoisotopic (exact) mass is 374 g/mol. The Balaban J connectivity index is 2.04. The maximum atomic E-state index is 12.0. The number of primary sulfonamides is 1. The van der Waals surface area contributed by atoms with Gasteiger partial charge in [-0.3, -0.25) is 4.79 Å². The van der Waals surface area contributed by atoms with Crippen LogP contribution in [0, 0.1) is 0 Å². The first-order valence-corrected chi connectivity index (χ1v) is 8.68. The van der Waals surface area contributed by atoms with E-state index >= 15 is 0 Å². The molecule has 5 nitrogen and oxygen atoms in total. The highest BCUT2D eigenvalue weighted by molar-refractivity contribution is 9.10. The van der Waals surface area contributed by atoms with E-state index in [9.17, 15) is 13.2 Å². The van der Waals surface area contributed by atoms with Crippen molar-refractivity contribution < 1.29 is 13.2 Å². The number of halogens is 1. The highest BCUT2D eigenvalue weighted by Crippen LogP contribution is 2.20. The summed E-state index contributed by atoms with van der Waals surface area (Å²) in [6, 6.07) is 10.1. The minimum absolute atomic E-state index is 0.0858. The summed E-state index contributed by atoms with van der Waals surface area (Å²) < 4.78 is 23.1. The number of sulfonamides is 1. The fraction of sp³-hybridized carbons (Fsp3) is 0.0833. The number of nitrogens with two attached hydrogens (primary N) is 1. The van der Waals surface area contributed by atoms with Crippen molar-refractivity contribution in [2.75, 3.05) is 0 Å². The normalized spacial score (nSPS) is 11.3. The van der Waals surface area contributed by atoms with Gasteiger partial charge in [-0.05, 0) is 40.2 Å². The molecule has 1 heterocycles. The molecular formula is C12H11BrN2O3S2. The summed E-state index contributed by atoms with van der Waals surface area (Å²) in [5, 5.41) is 7.75. The van der Waals surface area contributed by atoms with Crippen LogP contribution < -0.4 is 10.5 Å². The zero-order valence-electron chi connectivity index (χ0n) is 10.2. The summed E-state index contributed by atoms with van der Waals surface area (Å²) in [4.78, 5) is 12.7. The molecule has 1 aromatic heterocycles. The first kappa shape index (κ1) is 15.2. The van der Waals surface area contributed by atoms with Crippen molar-refractivity contribution in [3.63, 3.8) is 0 Å². The lowest BCUT2D eigenvalue weighted by atomic mass is 10.2. The number of hydrogen-bond donors (Lipinski definition) is 2. The van der Waals surface area contributed by atoms with Gasteiger partial charge in [0.15, 0.2) is 0 Å². The summed E-state index contributed by atoms with van der Waals surface area (Å²) in [6.45, 7) is 0.250. The first-order chi connectivity index (χ1) is 9.38. The summed E-state index contributed by atoms with van der Waals surface area (Å²) in [7, 11) is -3.68. The lowest BCUT2D eigenvalue weighted by Crippen LogP contribution is -2.22. The Morgan fingerprint density at radius 1 is 1.25 bits per heavy atom. The van der Waals surface area contributed by atoms with Crippen LogP contribution >= 0.6 is 27.3 Å². The van der Waals surface area contributed by atoms with Crippen molar-refractivity contribution in [1.29, 1.82) is 0 Å². The fourth-order valence-corrected chi connectivity index (χ4v) is 3.70. The SMILES string of the molecule is NS(=O)(=O)c1ccc(CNC(=O)c2ccccc2Br)s1. The Kier molecular flexibility index (Phi) is 4.59. The van der Waals surface area contributed by atoms with Gasteiger partial charge in [-0.15, -0.1) is 11.3 Å². The average molecular weight is 375 g/mol. The van der Waals surface area contributed by atoms with Crippen molar-refractivity contribution in [1.82, 2.24) is 5.32 Å². The summed E-state index contributed by atoms with van der Waals surface area (Å²) in [5.74, 6) is -0.233. The fourth-order valence-electron chi connectivity index (χ4n) is 1.51. The molecule has 2 rings (SSSR count). The van der Waals surface area contributed by atoms with Gasteiger partial charge in [-0.25, -0.2) is 13.6 Å². The molecule has 0 bridgehead atoms. The van der Waals surface area contributed by atoms with Crippen molar-refractivity contribution in [2.24, 2.45) is 5.14 Å². The first-order valence-electron chi connectivity index (χ1n) is 5.52. The highest BCUT2D eigenvalue weighted by atomic mass is 79.9. The van der Waals surface area contributed by atoms with Crippen LogP contribution in [0.4, 0.5) is 0 Å². The molecule has 1 aromatic carbocycles. The number of carbonyl (C=O) groups excluding carboxylic acids is 1. The van der Waals surface area contributed by atoms with E-state index in [0.29, 0.717) is 10.0 Å². The van der Waals surface area contributed by atoms with Crippen LogP contribution in [0.5, 0.6) is 0 Å². The van der Waals surface area contributed by atoms with Crippen molar-refractivity contribution in [3.8, 4) is 0 Å².